The van der Waals surface area contributed by atoms with Gasteiger partial charge in [0.2, 0.25) is 5.91 Å². The summed E-state index contributed by atoms with van der Waals surface area (Å²) in [6.07, 6.45) is 2.19. The van der Waals surface area contributed by atoms with Gasteiger partial charge < -0.3 is 24.4 Å². The summed E-state index contributed by atoms with van der Waals surface area (Å²) in [5.41, 5.74) is 5.05. The summed E-state index contributed by atoms with van der Waals surface area (Å²) < 4.78 is 12.8. The number of hydrogen-bond acceptors (Lipinski definition) is 5. The maximum Gasteiger partial charge on any atom is 0.411 e. The Balaban J connectivity index is 1.03. The smallest absolute Gasteiger partial charge is 0.411 e. The number of hydrogen-bond donors (Lipinski definition) is 3. The van der Waals surface area contributed by atoms with Gasteiger partial charge in [-0.1, -0.05) is 60.7 Å². The number of aliphatic hydroxyl groups excluding tert-OH is 1. The number of quaternary nitrogens is 1. The number of likely N-dealkylation sites (N-methyl/N-ethyl adjacent to an activating group) is 1. The van der Waals surface area contributed by atoms with Crippen molar-refractivity contribution in [2.75, 3.05) is 24.7 Å². The molecule has 0 aliphatic carbocycles. The predicted molar refractivity (Wildman–Crippen MR) is 183 cm³/mol. The molecule has 3 aliphatic heterocycles. The molecule has 0 aromatic heterocycles. The molecular weight excluding hydrogens is 681 g/mol. The third kappa shape index (κ3) is 5.71. The van der Waals surface area contributed by atoms with Gasteiger partial charge in [0, 0.05) is 24.1 Å². The van der Waals surface area contributed by atoms with Crippen molar-refractivity contribution in [2.24, 2.45) is 0 Å². The SMILES string of the molecule is C[N+]1(C)[C@H]2C[C@H](OC(=O)Nc3cc(CCC(=O)Nc4ccc5cc(CO)ccc5c4)ccc3-c3ccccc3)C[C@@]1(I)[C@@H]1O[C@H]12. The van der Waals surface area contributed by atoms with Crippen molar-refractivity contribution < 1.29 is 28.7 Å². The van der Waals surface area contributed by atoms with Crippen LogP contribution in [-0.2, 0) is 27.3 Å². The van der Waals surface area contributed by atoms with Crippen LogP contribution in [-0.4, -0.2) is 63.6 Å². The minimum atomic E-state index is -0.462. The van der Waals surface area contributed by atoms with Crippen LogP contribution in [0.25, 0.3) is 21.9 Å². The van der Waals surface area contributed by atoms with Crippen molar-refractivity contribution in [3.8, 4) is 11.1 Å². The van der Waals surface area contributed by atoms with Gasteiger partial charge in [-0.05, 0) is 80.7 Å². The maximum absolute atomic E-state index is 13.3. The molecule has 3 heterocycles. The lowest BCUT2D eigenvalue weighted by molar-refractivity contribution is -0.943. The molecule has 8 nitrogen and oxygen atoms in total. The van der Waals surface area contributed by atoms with Gasteiger partial charge in [0.25, 0.3) is 0 Å². The quantitative estimate of drug-likeness (QED) is 0.0624. The number of nitrogens with zero attached hydrogens (tertiary/aromatic N) is 1. The molecule has 3 N–H and O–H groups in total. The lowest BCUT2D eigenvalue weighted by atomic mass is 9.96. The van der Waals surface area contributed by atoms with Gasteiger partial charge in [0.15, 0.2) is 9.65 Å². The highest BCUT2D eigenvalue weighted by molar-refractivity contribution is 14.1. The first kappa shape index (κ1) is 30.2. The molecule has 5 atom stereocenters. The van der Waals surface area contributed by atoms with E-state index in [1.165, 1.54) is 0 Å². The summed E-state index contributed by atoms with van der Waals surface area (Å²) in [5, 5.41) is 17.4. The summed E-state index contributed by atoms with van der Waals surface area (Å²) >= 11 is 2.53. The third-order valence-electron chi connectivity index (χ3n) is 9.84. The first-order valence-electron chi connectivity index (χ1n) is 15.4. The van der Waals surface area contributed by atoms with Crippen LogP contribution in [0.4, 0.5) is 16.2 Å². The van der Waals surface area contributed by atoms with Crippen LogP contribution in [0.1, 0.15) is 30.4 Å². The number of morpholine rings is 1. The van der Waals surface area contributed by atoms with Crippen molar-refractivity contribution in [2.45, 2.75) is 60.2 Å². The third-order valence-corrected chi connectivity index (χ3v) is 12.1. The molecule has 2 bridgehead atoms. The van der Waals surface area contributed by atoms with E-state index in [1.807, 2.05) is 84.9 Å². The molecule has 3 saturated heterocycles. The Morgan fingerprint density at radius 1 is 0.978 bits per heavy atom. The van der Waals surface area contributed by atoms with E-state index in [-0.39, 0.29) is 40.8 Å². The van der Waals surface area contributed by atoms with E-state index in [2.05, 4.69) is 47.3 Å². The molecule has 232 valence electrons. The molecule has 0 radical (unpaired) electrons. The Morgan fingerprint density at radius 2 is 1.73 bits per heavy atom. The molecule has 0 spiro atoms. The first-order chi connectivity index (χ1) is 21.6. The van der Waals surface area contributed by atoms with E-state index in [4.69, 9.17) is 9.47 Å². The van der Waals surface area contributed by atoms with Crippen molar-refractivity contribution >= 4 is 56.7 Å². The Bertz CT molecular complexity index is 1780. The molecule has 0 saturated carbocycles. The van der Waals surface area contributed by atoms with Gasteiger partial charge in [-0.15, -0.1) is 0 Å². The van der Waals surface area contributed by atoms with Gasteiger partial charge in [-0.3, -0.25) is 10.1 Å². The van der Waals surface area contributed by atoms with Gasteiger partial charge in [0.1, 0.15) is 18.2 Å². The first-order valence-corrected chi connectivity index (χ1v) is 16.5. The fourth-order valence-electron chi connectivity index (χ4n) is 7.22. The number of carbonyl (C=O) groups is 2. The highest BCUT2D eigenvalue weighted by atomic mass is 127. The fraction of sp³-hybridized carbons (Fsp3) is 0.333. The number of anilines is 2. The van der Waals surface area contributed by atoms with E-state index in [9.17, 15) is 14.7 Å². The Kier molecular flexibility index (Phi) is 7.84. The number of aliphatic hydroxyl groups is 1. The molecule has 9 heteroatoms. The van der Waals surface area contributed by atoms with Crippen molar-refractivity contribution in [3.63, 3.8) is 0 Å². The number of rotatable bonds is 8. The summed E-state index contributed by atoms with van der Waals surface area (Å²) in [7, 11) is 4.52. The number of amides is 2. The second kappa shape index (κ2) is 11.7. The van der Waals surface area contributed by atoms with Crippen LogP contribution in [0.3, 0.4) is 0 Å². The highest BCUT2D eigenvalue weighted by Gasteiger charge is 2.78. The Labute approximate surface area is 276 Å². The molecule has 3 fully saturated rings. The van der Waals surface area contributed by atoms with E-state index in [0.717, 1.165) is 56.0 Å². The second-order valence-corrected chi connectivity index (χ2v) is 14.8. The minimum absolute atomic E-state index is 0.00611. The summed E-state index contributed by atoms with van der Waals surface area (Å²) in [5.74, 6) is -0.0922. The molecule has 4 aromatic carbocycles. The normalized spacial score (nSPS) is 25.8. The number of benzene rings is 4. The van der Waals surface area contributed by atoms with Crippen LogP contribution < -0.4 is 10.6 Å². The molecule has 0 unspecified atom stereocenters. The van der Waals surface area contributed by atoms with Crippen molar-refractivity contribution in [1.82, 2.24) is 0 Å². The van der Waals surface area contributed by atoms with Gasteiger partial charge in [0.05, 0.1) is 32.8 Å². The maximum atomic E-state index is 13.3. The number of aryl methyl sites for hydroxylation is 1. The summed E-state index contributed by atoms with van der Waals surface area (Å²) in [6.45, 7) is -0.00611. The number of fused-ring (bicyclic) bond motifs is 6. The van der Waals surface area contributed by atoms with Crippen molar-refractivity contribution in [1.29, 1.82) is 0 Å². The average molecular weight is 719 g/mol. The average Bonchev–Trinajstić information content (AvgIpc) is 3.82. The van der Waals surface area contributed by atoms with Crippen LogP contribution in [0.5, 0.6) is 0 Å². The molecule has 2 amide bonds. The summed E-state index contributed by atoms with van der Waals surface area (Å²) in [6, 6.07) is 27.7. The molecular formula is C36H37IN3O5+. The number of halogens is 1. The lowest BCUT2D eigenvalue weighted by Gasteiger charge is -2.50. The molecule has 4 aromatic rings. The fourth-order valence-corrected chi connectivity index (χ4v) is 8.57. The van der Waals surface area contributed by atoms with E-state index >= 15 is 0 Å². The Hall–Kier alpha value is -3.51. The Morgan fingerprint density at radius 3 is 2.51 bits per heavy atom. The van der Waals surface area contributed by atoms with Gasteiger partial charge in [-0.2, -0.15) is 0 Å². The van der Waals surface area contributed by atoms with E-state index in [0.29, 0.717) is 18.2 Å². The van der Waals surface area contributed by atoms with Gasteiger partial charge in [-0.25, -0.2) is 4.79 Å². The van der Waals surface area contributed by atoms with Crippen molar-refractivity contribution in [3.05, 3.63) is 96.1 Å². The number of nitrogens with one attached hydrogen (secondary N) is 2. The number of ether oxygens (including phenoxy) is 2. The van der Waals surface area contributed by atoms with Crippen LogP contribution >= 0.6 is 22.6 Å². The zero-order valence-electron chi connectivity index (χ0n) is 25.3. The number of alkyl halides is 1. The summed E-state index contributed by atoms with van der Waals surface area (Å²) in [4.78, 5) is 26.2. The number of epoxide rings is 1. The largest absolute Gasteiger partial charge is 0.445 e. The topological polar surface area (TPSA) is 100 Å². The standard InChI is InChI=1S/C36H36IN3O5/c1-40(2)31-19-28(20-36(40,37)34-33(31)45-34)44-35(43)39-30-17-22(9-14-29(30)24-6-4-3-5-7-24)10-15-32(42)38-27-13-12-25-16-23(21-41)8-11-26(25)18-27/h3-9,11-14,16-18,28,31,33-34,41H,10,15,19-21H2,1-2H3,(H-,38,39,42,43)/p+1/t28-,31-,33-,34+,36-/m0/s1. The highest BCUT2D eigenvalue weighted by Crippen LogP contribution is 2.61. The second-order valence-electron chi connectivity index (χ2n) is 12.9. The monoisotopic (exact) mass is 718 g/mol. The predicted octanol–water partition coefficient (Wildman–Crippen LogP) is 6.64. The van der Waals surface area contributed by atoms with Crippen LogP contribution in [0, 0.1) is 0 Å². The zero-order chi connectivity index (χ0) is 31.3. The minimum Gasteiger partial charge on any atom is -0.445 e. The van der Waals surface area contributed by atoms with E-state index in [1.54, 1.807) is 0 Å². The molecule has 45 heavy (non-hydrogen) atoms. The van der Waals surface area contributed by atoms with Gasteiger partial charge >= 0.3 is 6.09 Å². The van der Waals surface area contributed by atoms with Crippen LogP contribution in [0.15, 0.2) is 84.9 Å². The molecule has 7 rings (SSSR count). The van der Waals surface area contributed by atoms with Crippen LogP contribution in [0.2, 0.25) is 0 Å². The number of piperidine rings is 1. The molecule has 3 aliphatic rings. The lowest BCUT2D eigenvalue weighted by Crippen LogP contribution is -2.65. The van der Waals surface area contributed by atoms with E-state index < -0.39 is 6.09 Å². The number of carbonyl (C=O) groups excluding carboxylic acids is 2. The zero-order valence-corrected chi connectivity index (χ0v) is 27.5.